The SMILES string of the molecule is Cc1ccc(OCc2ccc(Cl)cc2Cl)c(O)c1. The first kappa shape index (κ1) is 13.1. The van der Waals surface area contributed by atoms with E-state index >= 15 is 0 Å². The van der Waals surface area contributed by atoms with Crippen LogP contribution in [0.15, 0.2) is 36.4 Å². The molecule has 94 valence electrons. The number of rotatable bonds is 3. The van der Waals surface area contributed by atoms with Crippen molar-refractivity contribution in [3.05, 3.63) is 57.6 Å². The topological polar surface area (TPSA) is 29.5 Å². The van der Waals surface area contributed by atoms with Gasteiger partial charge in [-0.3, -0.25) is 0 Å². The van der Waals surface area contributed by atoms with E-state index in [0.717, 1.165) is 11.1 Å². The van der Waals surface area contributed by atoms with Crippen LogP contribution in [0.5, 0.6) is 11.5 Å². The Balaban J connectivity index is 2.11. The summed E-state index contributed by atoms with van der Waals surface area (Å²) in [4.78, 5) is 0. The van der Waals surface area contributed by atoms with Crippen LogP contribution in [0.25, 0.3) is 0 Å². The van der Waals surface area contributed by atoms with Crippen molar-refractivity contribution in [3.63, 3.8) is 0 Å². The Morgan fingerprint density at radius 3 is 2.56 bits per heavy atom. The van der Waals surface area contributed by atoms with E-state index < -0.39 is 0 Å². The average Bonchev–Trinajstić information content (AvgIpc) is 2.30. The minimum Gasteiger partial charge on any atom is -0.504 e. The van der Waals surface area contributed by atoms with Gasteiger partial charge in [-0.05, 0) is 36.8 Å². The maximum atomic E-state index is 9.70. The molecule has 0 amide bonds. The maximum Gasteiger partial charge on any atom is 0.161 e. The Morgan fingerprint density at radius 2 is 1.89 bits per heavy atom. The first-order chi connectivity index (χ1) is 8.56. The van der Waals surface area contributed by atoms with Gasteiger partial charge in [0.25, 0.3) is 0 Å². The second kappa shape index (κ2) is 5.51. The van der Waals surface area contributed by atoms with E-state index in [-0.39, 0.29) is 12.4 Å². The standard InChI is InChI=1S/C14H12Cl2O2/c1-9-2-5-14(13(17)6-9)18-8-10-3-4-11(15)7-12(10)16/h2-7,17H,8H2,1H3. The number of ether oxygens (including phenoxy) is 1. The molecule has 0 atom stereocenters. The molecule has 0 bridgehead atoms. The van der Waals surface area contributed by atoms with Crippen LogP contribution in [0.3, 0.4) is 0 Å². The van der Waals surface area contributed by atoms with Crippen LogP contribution in [0.2, 0.25) is 10.0 Å². The Kier molecular flexibility index (Phi) is 4.00. The lowest BCUT2D eigenvalue weighted by molar-refractivity contribution is 0.289. The minimum atomic E-state index is 0.125. The third-order valence-electron chi connectivity index (χ3n) is 2.51. The predicted octanol–water partition coefficient (Wildman–Crippen LogP) is 4.59. The molecule has 0 aliphatic carbocycles. The van der Waals surface area contributed by atoms with E-state index in [1.54, 1.807) is 30.3 Å². The monoisotopic (exact) mass is 282 g/mol. The molecule has 0 saturated heterocycles. The van der Waals surface area contributed by atoms with Gasteiger partial charge in [0.05, 0.1) is 0 Å². The number of halogens is 2. The molecule has 2 rings (SSSR count). The van der Waals surface area contributed by atoms with Crippen molar-refractivity contribution in [2.75, 3.05) is 0 Å². The van der Waals surface area contributed by atoms with Crippen molar-refractivity contribution in [1.29, 1.82) is 0 Å². The molecule has 0 aromatic heterocycles. The number of benzene rings is 2. The summed E-state index contributed by atoms with van der Waals surface area (Å²) in [5.74, 6) is 0.562. The second-order valence-electron chi connectivity index (χ2n) is 4.00. The van der Waals surface area contributed by atoms with Crippen LogP contribution in [-0.4, -0.2) is 5.11 Å². The van der Waals surface area contributed by atoms with E-state index in [4.69, 9.17) is 27.9 Å². The Hall–Kier alpha value is -1.38. The number of hydrogen-bond acceptors (Lipinski definition) is 2. The molecule has 2 nitrogen and oxygen atoms in total. The van der Waals surface area contributed by atoms with Gasteiger partial charge in [-0.2, -0.15) is 0 Å². The number of aryl methyl sites for hydroxylation is 1. The molecule has 0 fully saturated rings. The van der Waals surface area contributed by atoms with Crippen molar-refractivity contribution in [3.8, 4) is 11.5 Å². The summed E-state index contributed by atoms with van der Waals surface area (Å²) in [6, 6.07) is 10.5. The van der Waals surface area contributed by atoms with Crippen molar-refractivity contribution in [2.24, 2.45) is 0 Å². The number of hydrogen-bond donors (Lipinski definition) is 1. The number of phenolic OH excluding ortho intramolecular Hbond substituents is 1. The first-order valence-corrected chi connectivity index (χ1v) is 6.18. The lowest BCUT2D eigenvalue weighted by Gasteiger charge is -2.10. The van der Waals surface area contributed by atoms with E-state index in [1.807, 2.05) is 13.0 Å². The molecule has 0 radical (unpaired) electrons. The molecule has 0 aliphatic rings. The smallest absolute Gasteiger partial charge is 0.161 e. The summed E-state index contributed by atoms with van der Waals surface area (Å²) < 4.78 is 5.52. The second-order valence-corrected chi connectivity index (χ2v) is 4.84. The van der Waals surface area contributed by atoms with Crippen molar-refractivity contribution in [1.82, 2.24) is 0 Å². The van der Waals surface area contributed by atoms with Crippen molar-refractivity contribution < 1.29 is 9.84 Å². The highest BCUT2D eigenvalue weighted by atomic mass is 35.5. The zero-order valence-electron chi connectivity index (χ0n) is 9.78. The third kappa shape index (κ3) is 3.09. The van der Waals surface area contributed by atoms with Gasteiger partial charge >= 0.3 is 0 Å². The molecule has 2 aromatic carbocycles. The number of phenols is 1. The Bertz CT molecular complexity index is 516. The molecular formula is C14H12Cl2O2. The normalized spacial score (nSPS) is 10.4. The zero-order chi connectivity index (χ0) is 13.1. The van der Waals surface area contributed by atoms with Crippen LogP contribution in [0.1, 0.15) is 11.1 Å². The van der Waals surface area contributed by atoms with Crippen LogP contribution in [0.4, 0.5) is 0 Å². The van der Waals surface area contributed by atoms with E-state index in [1.165, 1.54) is 0 Å². The van der Waals surface area contributed by atoms with Crippen LogP contribution >= 0.6 is 23.2 Å². The molecular weight excluding hydrogens is 271 g/mol. The van der Waals surface area contributed by atoms with Gasteiger partial charge in [0, 0.05) is 15.6 Å². The van der Waals surface area contributed by atoms with E-state index in [0.29, 0.717) is 15.8 Å². The van der Waals surface area contributed by atoms with Gasteiger partial charge in [-0.25, -0.2) is 0 Å². The summed E-state index contributed by atoms with van der Waals surface area (Å²) in [6.07, 6.45) is 0. The van der Waals surface area contributed by atoms with Crippen LogP contribution in [-0.2, 0) is 6.61 Å². The lowest BCUT2D eigenvalue weighted by Crippen LogP contribution is -1.96. The fourth-order valence-electron chi connectivity index (χ4n) is 1.54. The van der Waals surface area contributed by atoms with Crippen LogP contribution in [0, 0.1) is 6.92 Å². The van der Waals surface area contributed by atoms with Crippen molar-refractivity contribution in [2.45, 2.75) is 13.5 Å². The highest BCUT2D eigenvalue weighted by Gasteiger charge is 2.05. The van der Waals surface area contributed by atoms with E-state index in [9.17, 15) is 5.11 Å². The summed E-state index contributed by atoms with van der Waals surface area (Å²) in [5, 5.41) is 10.8. The summed E-state index contributed by atoms with van der Waals surface area (Å²) >= 11 is 11.8. The molecule has 0 saturated carbocycles. The largest absolute Gasteiger partial charge is 0.504 e. The molecule has 0 unspecified atom stereocenters. The zero-order valence-corrected chi connectivity index (χ0v) is 11.3. The summed E-state index contributed by atoms with van der Waals surface area (Å²) in [7, 11) is 0. The Morgan fingerprint density at radius 1 is 1.11 bits per heavy atom. The molecule has 0 heterocycles. The minimum absolute atomic E-state index is 0.125. The van der Waals surface area contributed by atoms with Gasteiger partial charge in [0.1, 0.15) is 6.61 Å². The van der Waals surface area contributed by atoms with Gasteiger partial charge in [-0.1, -0.05) is 35.3 Å². The molecule has 0 spiro atoms. The van der Waals surface area contributed by atoms with Crippen molar-refractivity contribution >= 4 is 23.2 Å². The molecule has 2 aromatic rings. The van der Waals surface area contributed by atoms with Gasteiger partial charge in [-0.15, -0.1) is 0 Å². The fraction of sp³-hybridized carbons (Fsp3) is 0.143. The molecule has 1 N–H and O–H groups in total. The first-order valence-electron chi connectivity index (χ1n) is 5.42. The number of aromatic hydroxyl groups is 1. The Labute approximate surface area is 116 Å². The highest BCUT2D eigenvalue weighted by molar-refractivity contribution is 6.35. The molecule has 18 heavy (non-hydrogen) atoms. The van der Waals surface area contributed by atoms with E-state index in [2.05, 4.69) is 0 Å². The average molecular weight is 283 g/mol. The summed E-state index contributed by atoms with van der Waals surface area (Å²) in [5.41, 5.74) is 1.80. The molecule has 0 aliphatic heterocycles. The predicted molar refractivity (Wildman–Crippen MR) is 73.6 cm³/mol. The maximum absolute atomic E-state index is 9.70. The lowest BCUT2D eigenvalue weighted by atomic mass is 10.2. The molecule has 4 heteroatoms. The van der Waals surface area contributed by atoms with Gasteiger partial charge in [0.2, 0.25) is 0 Å². The fourth-order valence-corrected chi connectivity index (χ4v) is 2.01. The van der Waals surface area contributed by atoms with Gasteiger partial charge in [0.15, 0.2) is 11.5 Å². The summed E-state index contributed by atoms with van der Waals surface area (Å²) in [6.45, 7) is 2.19. The van der Waals surface area contributed by atoms with Gasteiger partial charge < -0.3 is 9.84 Å². The van der Waals surface area contributed by atoms with Crippen LogP contribution < -0.4 is 4.74 Å². The third-order valence-corrected chi connectivity index (χ3v) is 3.10. The highest BCUT2D eigenvalue weighted by Crippen LogP contribution is 2.28. The quantitative estimate of drug-likeness (QED) is 0.893.